The van der Waals surface area contributed by atoms with Gasteiger partial charge in [0.05, 0.1) is 12.7 Å². The van der Waals surface area contributed by atoms with E-state index in [0.29, 0.717) is 18.3 Å². The molecule has 1 fully saturated rings. The number of nitrogens with two attached hydrogens (primary N) is 1. The minimum absolute atomic E-state index is 0.0332. The molecule has 0 radical (unpaired) electrons. The van der Waals surface area contributed by atoms with Crippen molar-refractivity contribution in [2.24, 2.45) is 0 Å². The molecule has 6 nitrogen and oxygen atoms in total. The predicted octanol–water partition coefficient (Wildman–Crippen LogP) is 2.83. The molecular weight excluding hydrogens is 316 g/mol. The molecule has 1 aromatic carbocycles. The minimum Gasteiger partial charge on any atom is -0.384 e. The second-order valence-corrected chi connectivity index (χ2v) is 6.13. The molecule has 3 rings (SSSR count). The zero-order valence-electron chi connectivity index (χ0n) is 13.7. The predicted molar refractivity (Wildman–Crippen MR) is 93.4 cm³/mol. The van der Waals surface area contributed by atoms with Gasteiger partial charge in [-0.1, -0.05) is 31.0 Å². The Morgan fingerprint density at radius 3 is 2.60 bits per heavy atom. The van der Waals surface area contributed by atoms with Crippen LogP contribution >= 0.6 is 0 Å². The molecule has 0 spiro atoms. The lowest BCUT2D eigenvalue weighted by Gasteiger charge is -2.13. The lowest BCUT2D eigenvalue weighted by atomic mass is 9.95. The lowest BCUT2D eigenvalue weighted by molar-refractivity contribution is 0.0457. The summed E-state index contributed by atoms with van der Waals surface area (Å²) in [6.07, 6.45) is 4.87. The summed E-state index contributed by atoms with van der Waals surface area (Å²) >= 11 is 0. The molecular formula is C19H18N4O2. The SMILES string of the molecule is N#Cc1c(N)[nH]c(=O)c(C#N)c1-c1cccc(COC2CCCC2)c1. The van der Waals surface area contributed by atoms with Crippen LogP contribution in [0.3, 0.4) is 0 Å². The van der Waals surface area contributed by atoms with Crippen molar-refractivity contribution in [1.82, 2.24) is 4.98 Å². The highest BCUT2D eigenvalue weighted by molar-refractivity contribution is 5.80. The maximum atomic E-state index is 12.0. The summed E-state index contributed by atoms with van der Waals surface area (Å²) in [6, 6.07) is 11.2. The largest absolute Gasteiger partial charge is 0.384 e. The van der Waals surface area contributed by atoms with E-state index in [0.717, 1.165) is 18.4 Å². The second-order valence-electron chi connectivity index (χ2n) is 6.13. The van der Waals surface area contributed by atoms with Crippen molar-refractivity contribution in [3.05, 3.63) is 51.3 Å². The summed E-state index contributed by atoms with van der Waals surface area (Å²) in [4.78, 5) is 14.4. The lowest BCUT2D eigenvalue weighted by Crippen LogP contribution is -2.16. The van der Waals surface area contributed by atoms with Gasteiger partial charge in [0.15, 0.2) is 0 Å². The second kappa shape index (κ2) is 7.21. The van der Waals surface area contributed by atoms with E-state index < -0.39 is 5.56 Å². The first-order valence-electron chi connectivity index (χ1n) is 8.21. The molecule has 25 heavy (non-hydrogen) atoms. The average molecular weight is 334 g/mol. The molecule has 0 bridgehead atoms. The van der Waals surface area contributed by atoms with Crippen LogP contribution in [0.5, 0.6) is 0 Å². The molecule has 2 aromatic rings. The van der Waals surface area contributed by atoms with Crippen LogP contribution in [0.25, 0.3) is 11.1 Å². The van der Waals surface area contributed by atoms with Gasteiger partial charge in [-0.3, -0.25) is 4.79 Å². The number of pyridine rings is 1. The van der Waals surface area contributed by atoms with Gasteiger partial charge in [0.25, 0.3) is 5.56 Å². The fourth-order valence-electron chi connectivity index (χ4n) is 3.22. The van der Waals surface area contributed by atoms with E-state index in [1.807, 2.05) is 30.3 Å². The Morgan fingerprint density at radius 1 is 1.20 bits per heavy atom. The van der Waals surface area contributed by atoms with Gasteiger partial charge in [-0.15, -0.1) is 0 Å². The Morgan fingerprint density at radius 2 is 1.92 bits per heavy atom. The molecule has 0 saturated heterocycles. The number of hydrogen-bond donors (Lipinski definition) is 2. The summed E-state index contributed by atoms with van der Waals surface area (Å²) in [5.74, 6) is -0.0332. The van der Waals surface area contributed by atoms with Crippen molar-refractivity contribution in [3.8, 4) is 23.3 Å². The van der Waals surface area contributed by atoms with Crippen LogP contribution in [0.4, 0.5) is 5.82 Å². The number of aromatic nitrogens is 1. The van der Waals surface area contributed by atoms with E-state index in [9.17, 15) is 15.3 Å². The number of H-pyrrole nitrogens is 1. The Balaban J connectivity index is 2.00. The maximum Gasteiger partial charge on any atom is 0.268 e. The number of benzene rings is 1. The molecule has 1 aromatic heterocycles. The van der Waals surface area contributed by atoms with Gasteiger partial charge in [-0.2, -0.15) is 10.5 Å². The van der Waals surface area contributed by atoms with Crippen molar-refractivity contribution in [2.75, 3.05) is 5.73 Å². The molecule has 1 heterocycles. The van der Waals surface area contributed by atoms with Gasteiger partial charge < -0.3 is 15.5 Å². The van der Waals surface area contributed by atoms with Crippen molar-refractivity contribution in [1.29, 1.82) is 10.5 Å². The van der Waals surface area contributed by atoms with E-state index in [1.165, 1.54) is 12.8 Å². The Labute approximate surface area is 145 Å². The highest BCUT2D eigenvalue weighted by atomic mass is 16.5. The van der Waals surface area contributed by atoms with Gasteiger partial charge in [0.1, 0.15) is 29.1 Å². The first-order valence-corrected chi connectivity index (χ1v) is 8.21. The van der Waals surface area contributed by atoms with Gasteiger partial charge in [-0.25, -0.2) is 0 Å². The molecule has 6 heteroatoms. The summed E-state index contributed by atoms with van der Waals surface area (Å²) in [7, 11) is 0. The van der Waals surface area contributed by atoms with Crippen molar-refractivity contribution < 1.29 is 4.74 Å². The maximum absolute atomic E-state index is 12.0. The Bertz CT molecular complexity index is 928. The van der Waals surface area contributed by atoms with E-state index in [4.69, 9.17) is 10.5 Å². The topological polar surface area (TPSA) is 116 Å². The molecule has 126 valence electrons. The van der Waals surface area contributed by atoms with Crippen molar-refractivity contribution in [2.45, 2.75) is 38.4 Å². The molecule has 0 aliphatic heterocycles. The third-order valence-corrected chi connectivity index (χ3v) is 4.47. The summed E-state index contributed by atoms with van der Waals surface area (Å²) in [5.41, 5.74) is 6.96. The highest BCUT2D eigenvalue weighted by Gasteiger charge is 2.19. The minimum atomic E-state index is -0.596. The fourth-order valence-corrected chi connectivity index (χ4v) is 3.22. The Kier molecular flexibility index (Phi) is 4.83. The van der Waals surface area contributed by atoms with Gasteiger partial charge >= 0.3 is 0 Å². The molecule has 1 saturated carbocycles. The van der Waals surface area contributed by atoms with Crippen LogP contribution < -0.4 is 11.3 Å². The fraction of sp³-hybridized carbons (Fsp3) is 0.316. The normalized spacial score (nSPS) is 14.2. The zero-order chi connectivity index (χ0) is 17.8. The average Bonchev–Trinajstić information content (AvgIpc) is 3.13. The Hall–Kier alpha value is -3.09. The molecule has 1 aliphatic carbocycles. The van der Waals surface area contributed by atoms with Crippen LogP contribution in [-0.2, 0) is 11.3 Å². The molecule has 3 N–H and O–H groups in total. The van der Waals surface area contributed by atoms with Crippen molar-refractivity contribution in [3.63, 3.8) is 0 Å². The molecule has 1 aliphatic rings. The summed E-state index contributed by atoms with van der Waals surface area (Å²) < 4.78 is 5.92. The number of nitrogen functional groups attached to an aromatic ring is 1. The van der Waals surface area contributed by atoms with E-state index >= 15 is 0 Å². The van der Waals surface area contributed by atoms with E-state index in [1.54, 1.807) is 6.07 Å². The van der Waals surface area contributed by atoms with Crippen LogP contribution in [0.15, 0.2) is 29.1 Å². The number of aromatic amines is 1. The first kappa shape index (κ1) is 16.8. The number of anilines is 1. The van der Waals surface area contributed by atoms with Crippen molar-refractivity contribution >= 4 is 5.82 Å². The standard InChI is InChI=1S/C19H18N4O2/c20-9-15-17(16(10-21)19(24)23-18(15)22)13-5-3-4-12(8-13)11-25-14-6-1-2-7-14/h3-5,8,14H,1-2,6-7,11H2,(H3,22,23,24). The quantitative estimate of drug-likeness (QED) is 0.892. The third kappa shape index (κ3) is 3.40. The molecule has 0 atom stereocenters. The van der Waals surface area contributed by atoms with Crippen LogP contribution in [-0.4, -0.2) is 11.1 Å². The highest BCUT2D eigenvalue weighted by Crippen LogP contribution is 2.29. The number of nitrogens with zero attached hydrogens (tertiary/aromatic N) is 2. The number of hydrogen-bond acceptors (Lipinski definition) is 5. The van der Waals surface area contributed by atoms with Gasteiger partial charge in [0, 0.05) is 5.56 Å². The zero-order valence-corrected chi connectivity index (χ0v) is 13.7. The molecule has 0 amide bonds. The van der Waals surface area contributed by atoms with Crippen LogP contribution in [0.1, 0.15) is 42.4 Å². The summed E-state index contributed by atoms with van der Waals surface area (Å²) in [5, 5.41) is 18.7. The first-order chi connectivity index (χ1) is 12.1. The van der Waals surface area contributed by atoms with Crippen LogP contribution in [0, 0.1) is 22.7 Å². The van der Waals surface area contributed by atoms with E-state index in [-0.39, 0.29) is 22.5 Å². The van der Waals surface area contributed by atoms with Crippen LogP contribution in [0.2, 0.25) is 0 Å². The van der Waals surface area contributed by atoms with Gasteiger partial charge in [-0.05, 0) is 30.0 Å². The number of ether oxygens (including phenoxy) is 1. The third-order valence-electron chi connectivity index (χ3n) is 4.47. The number of rotatable bonds is 4. The number of nitriles is 2. The summed E-state index contributed by atoms with van der Waals surface area (Å²) in [6.45, 7) is 0.459. The smallest absolute Gasteiger partial charge is 0.268 e. The number of nitrogens with one attached hydrogen (secondary N) is 1. The van der Waals surface area contributed by atoms with Gasteiger partial charge in [0.2, 0.25) is 0 Å². The monoisotopic (exact) mass is 334 g/mol. The van der Waals surface area contributed by atoms with E-state index in [2.05, 4.69) is 4.98 Å². The molecule has 0 unspecified atom stereocenters.